The first-order chi connectivity index (χ1) is 7.21. The Morgan fingerprint density at radius 1 is 1.47 bits per heavy atom. The van der Waals surface area contributed by atoms with Gasteiger partial charge in [-0.1, -0.05) is 13.2 Å². The normalized spacial score (nSPS) is 13.3. The zero-order valence-electron chi connectivity index (χ0n) is 10.1. The average Bonchev–Trinajstić information content (AvgIpc) is 2.26. The molecule has 4 nitrogen and oxygen atoms in total. The van der Waals surface area contributed by atoms with Crippen molar-refractivity contribution in [2.75, 3.05) is 33.7 Å². The summed E-state index contributed by atoms with van der Waals surface area (Å²) >= 11 is 0. The summed E-state index contributed by atoms with van der Waals surface area (Å²) in [5.41, 5.74) is 1.00. The minimum Gasteiger partial charge on any atom is -0.311 e. The highest BCUT2D eigenvalue weighted by molar-refractivity contribution is 7.35. The van der Waals surface area contributed by atoms with E-state index in [0.29, 0.717) is 0 Å². The quantitative estimate of drug-likeness (QED) is 0.423. The molecular weight excluding hydrogens is 207 g/mol. The van der Waals surface area contributed by atoms with Gasteiger partial charge >= 0.3 is 0 Å². The third-order valence-electron chi connectivity index (χ3n) is 1.88. The van der Waals surface area contributed by atoms with Gasteiger partial charge in [-0.15, -0.1) is 0 Å². The Morgan fingerprint density at radius 2 is 2.13 bits per heavy atom. The van der Waals surface area contributed by atoms with Crippen LogP contribution >= 0.6 is 8.35 Å². The maximum absolute atomic E-state index is 4.45. The molecule has 0 aliphatic heterocycles. The topological polar surface area (TPSA) is 40.0 Å². The van der Waals surface area contributed by atoms with Crippen LogP contribution in [0, 0.1) is 0 Å². The van der Waals surface area contributed by atoms with Gasteiger partial charge in [0, 0.05) is 35.5 Å². The molecule has 15 heavy (non-hydrogen) atoms. The molecule has 0 saturated heterocycles. The lowest BCUT2D eigenvalue weighted by Gasteiger charge is -2.17. The number of nitrogens with zero attached hydrogens (tertiary/aromatic N) is 3. The van der Waals surface area contributed by atoms with E-state index < -0.39 is 0 Å². The highest BCUT2D eigenvalue weighted by Crippen LogP contribution is 2.03. The van der Waals surface area contributed by atoms with Gasteiger partial charge in [-0.3, -0.25) is 9.98 Å². The fourth-order valence-corrected chi connectivity index (χ4v) is 1.51. The molecular formula is C10H21N4P. The molecule has 0 spiro atoms. The van der Waals surface area contributed by atoms with Crippen LogP contribution in [0.1, 0.15) is 13.8 Å². The third-order valence-corrected chi connectivity index (χ3v) is 2.49. The van der Waals surface area contributed by atoms with Crippen molar-refractivity contribution in [3.63, 3.8) is 0 Å². The summed E-state index contributed by atoms with van der Waals surface area (Å²) in [4.78, 5) is 8.71. The molecule has 0 aromatic heterocycles. The van der Waals surface area contributed by atoms with Gasteiger partial charge in [0.1, 0.15) is 0 Å². The van der Waals surface area contributed by atoms with Crippen LogP contribution in [0.4, 0.5) is 0 Å². The average molecular weight is 228 g/mol. The van der Waals surface area contributed by atoms with Crippen LogP contribution in [0.3, 0.4) is 0 Å². The van der Waals surface area contributed by atoms with Gasteiger partial charge in [0.05, 0.1) is 5.71 Å². The molecule has 0 bridgehead atoms. The maximum Gasteiger partial charge on any atom is 0.153 e. The van der Waals surface area contributed by atoms with E-state index in [1.165, 1.54) is 0 Å². The fourth-order valence-electron chi connectivity index (χ4n) is 1.17. The largest absolute Gasteiger partial charge is 0.311 e. The zero-order valence-corrected chi connectivity index (χ0v) is 11.0. The molecule has 1 N–H and O–H groups in total. The van der Waals surface area contributed by atoms with E-state index in [9.17, 15) is 0 Å². The number of rotatable bonds is 6. The number of hydrogen-bond donors (Lipinski definition) is 1. The van der Waals surface area contributed by atoms with Gasteiger partial charge in [0.2, 0.25) is 0 Å². The first-order valence-corrected chi connectivity index (χ1v) is 6.16. The van der Waals surface area contributed by atoms with E-state index in [2.05, 4.69) is 28.5 Å². The highest BCUT2D eigenvalue weighted by Gasteiger charge is 2.10. The molecule has 0 saturated carbocycles. The summed E-state index contributed by atoms with van der Waals surface area (Å²) < 4.78 is 1.98. The van der Waals surface area contributed by atoms with Gasteiger partial charge in [-0.25, -0.2) is 0 Å². The second kappa shape index (κ2) is 8.57. The Balaban J connectivity index is 4.72. The van der Waals surface area contributed by atoms with Crippen molar-refractivity contribution in [1.29, 1.82) is 0 Å². The fraction of sp³-hybridized carbons (Fsp3) is 0.700. The summed E-state index contributed by atoms with van der Waals surface area (Å²) in [7, 11) is 4.68. The second-order valence-corrected chi connectivity index (χ2v) is 3.80. The molecule has 0 radical (unpaired) electrons. The molecule has 5 heteroatoms. The molecule has 0 heterocycles. The summed E-state index contributed by atoms with van der Waals surface area (Å²) in [5.74, 6) is 0.912. The van der Waals surface area contributed by atoms with Crippen LogP contribution in [0.2, 0.25) is 0 Å². The predicted molar refractivity (Wildman–Crippen MR) is 71.7 cm³/mol. The van der Waals surface area contributed by atoms with Crippen LogP contribution in [0.25, 0.3) is 0 Å². The summed E-state index contributed by atoms with van der Waals surface area (Å²) in [6, 6.07) is 0. The number of amidine groups is 1. The summed E-state index contributed by atoms with van der Waals surface area (Å²) in [5, 5.41) is 3.27. The molecule has 0 rings (SSSR count). The molecule has 0 fully saturated rings. The van der Waals surface area contributed by atoms with Gasteiger partial charge in [-0.05, 0) is 13.5 Å². The predicted octanol–water partition coefficient (Wildman–Crippen LogP) is 1.31. The van der Waals surface area contributed by atoms with Crippen molar-refractivity contribution in [2.24, 2.45) is 9.98 Å². The second-order valence-electron chi connectivity index (χ2n) is 2.91. The maximum atomic E-state index is 4.45. The zero-order chi connectivity index (χ0) is 11.7. The molecule has 0 aliphatic carbocycles. The summed E-state index contributed by atoms with van der Waals surface area (Å²) in [6.07, 6.45) is 3.82. The molecule has 0 amide bonds. The lowest BCUT2D eigenvalue weighted by Crippen LogP contribution is -2.35. The Hall–Kier alpha value is -0.730. The van der Waals surface area contributed by atoms with Crippen LogP contribution in [-0.2, 0) is 0 Å². The minimum absolute atomic E-state index is 0.761. The Kier molecular flexibility index (Phi) is 8.15. The molecule has 0 aliphatic rings. The first-order valence-electron chi connectivity index (χ1n) is 5.12. The van der Waals surface area contributed by atoms with E-state index in [-0.39, 0.29) is 0 Å². The van der Waals surface area contributed by atoms with Crippen LogP contribution in [-0.4, -0.2) is 56.2 Å². The van der Waals surface area contributed by atoms with Crippen LogP contribution < -0.4 is 5.32 Å². The molecule has 0 atom stereocenters. The van der Waals surface area contributed by atoms with E-state index >= 15 is 0 Å². The standard InChI is InChI=1S/C10H21N4P/c1-6-12-8-9(13-7-2)10(11-3)14(4)15-5/h12H,5-8H2,1-4H3/b11-10-,13-9+. The van der Waals surface area contributed by atoms with Crippen molar-refractivity contribution >= 4 is 26.2 Å². The smallest absolute Gasteiger partial charge is 0.153 e. The SMILES string of the molecule is C=PN(C)C(=N\C)/C(CNCC)=N/CC. The highest BCUT2D eigenvalue weighted by atomic mass is 31.1. The number of hydrogen-bond acceptors (Lipinski definition) is 3. The summed E-state index contributed by atoms with van der Waals surface area (Å²) in [6.45, 7) is 6.58. The van der Waals surface area contributed by atoms with Crippen molar-refractivity contribution in [1.82, 2.24) is 9.99 Å². The third kappa shape index (κ3) is 5.05. The van der Waals surface area contributed by atoms with E-state index in [1.807, 2.05) is 18.6 Å². The van der Waals surface area contributed by atoms with Crippen molar-refractivity contribution in [3.05, 3.63) is 0 Å². The Bertz CT molecular complexity index is 248. The van der Waals surface area contributed by atoms with E-state index in [1.54, 1.807) is 7.05 Å². The molecule has 0 aromatic carbocycles. The van der Waals surface area contributed by atoms with Gasteiger partial charge in [-0.2, -0.15) is 0 Å². The Morgan fingerprint density at radius 3 is 2.53 bits per heavy atom. The monoisotopic (exact) mass is 228 g/mol. The molecule has 86 valence electrons. The van der Waals surface area contributed by atoms with Crippen LogP contribution in [0.5, 0.6) is 0 Å². The lowest BCUT2D eigenvalue weighted by molar-refractivity contribution is 0.802. The van der Waals surface area contributed by atoms with E-state index in [4.69, 9.17) is 0 Å². The molecule has 0 unspecified atom stereocenters. The van der Waals surface area contributed by atoms with Crippen molar-refractivity contribution in [2.45, 2.75) is 13.8 Å². The van der Waals surface area contributed by atoms with Gasteiger partial charge in [0.15, 0.2) is 5.84 Å². The number of nitrogens with one attached hydrogen (secondary N) is 1. The minimum atomic E-state index is 0.761. The van der Waals surface area contributed by atoms with Gasteiger partial charge < -0.3 is 9.99 Å². The van der Waals surface area contributed by atoms with E-state index in [0.717, 1.165) is 39.5 Å². The molecule has 0 aromatic rings. The van der Waals surface area contributed by atoms with Crippen molar-refractivity contribution in [3.8, 4) is 0 Å². The Labute approximate surface area is 94.4 Å². The number of aliphatic imine (C=N–C) groups is 2. The van der Waals surface area contributed by atoms with Gasteiger partial charge in [0.25, 0.3) is 0 Å². The first kappa shape index (κ1) is 14.3. The van der Waals surface area contributed by atoms with Crippen LogP contribution in [0.15, 0.2) is 9.98 Å². The van der Waals surface area contributed by atoms with Crippen molar-refractivity contribution < 1.29 is 0 Å². The lowest BCUT2D eigenvalue weighted by atomic mass is 10.3.